The topological polar surface area (TPSA) is 94.9 Å². The van der Waals surface area contributed by atoms with Crippen LogP contribution in [0.3, 0.4) is 0 Å². The monoisotopic (exact) mass is 438 g/mol. The minimum atomic E-state index is -0.616. The van der Waals surface area contributed by atoms with E-state index in [4.69, 9.17) is 9.15 Å². The van der Waals surface area contributed by atoms with Crippen LogP contribution in [0.2, 0.25) is 0 Å². The van der Waals surface area contributed by atoms with Crippen LogP contribution in [-0.4, -0.2) is 16.8 Å². The molecule has 0 spiro atoms. The van der Waals surface area contributed by atoms with E-state index in [1.54, 1.807) is 12.1 Å². The second kappa shape index (κ2) is 7.24. The Morgan fingerprint density at radius 2 is 1.64 bits per heavy atom. The average molecular weight is 439 g/mol. The van der Waals surface area contributed by atoms with Gasteiger partial charge < -0.3 is 9.15 Å². The summed E-state index contributed by atoms with van der Waals surface area (Å²) in [5.41, 5.74) is 1.40. The van der Waals surface area contributed by atoms with Crippen LogP contribution in [0, 0.1) is 10.1 Å². The zero-order valence-corrected chi connectivity index (χ0v) is 15.8. The fraction of sp³-hybridized carbons (Fsp3) is 0. The lowest BCUT2D eigenvalue weighted by Crippen LogP contribution is -2.05. The number of benzene rings is 2. The van der Waals surface area contributed by atoms with Crippen LogP contribution in [0.25, 0.3) is 17.4 Å². The number of non-ortho nitro benzene ring substituents is 1. The largest absolute Gasteiger partial charge is 0.457 e. The third kappa shape index (κ3) is 3.63. The minimum Gasteiger partial charge on any atom is -0.457 e. The minimum absolute atomic E-state index is 0.0551. The first kappa shape index (κ1) is 17.9. The van der Waals surface area contributed by atoms with Gasteiger partial charge in [-0.3, -0.25) is 10.1 Å². The summed E-state index contributed by atoms with van der Waals surface area (Å²) in [6.07, 6.45) is 1.49. The Morgan fingerprint density at radius 1 is 0.964 bits per heavy atom. The predicted octanol–water partition coefficient (Wildman–Crippen LogP) is 4.96. The zero-order valence-electron chi connectivity index (χ0n) is 14.2. The first-order chi connectivity index (χ1) is 13.5. The van der Waals surface area contributed by atoms with Crippen molar-refractivity contribution >= 4 is 39.6 Å². The Morgan fingerprint density at radius 3 is 2.32 bits per heavy atom. The fourth-order valence-electron chi connectivity index (χ4n) is 2.59. The van der Waals surface area contributed by atoms with Gasteiger partial charge in [-0.25, -0.2) is 9.79 Å². The number of carbonyl (C=O) groups is 1. The molecule has 0 atom stereocenters. The van der Waals surface area contributed by atoms with Gasteiger partial charge in [-0.05, 0) is 36.4 Å². The summed E-state index contributed by atoms with van der Waals surface area (Å²) in [5, 5.41) is 10.7. The van der Waals surface area contributed by atoms with Crippen molar-refractivity contribution in [2.45, 2.75) is 0 Å². The van der Waals surface area contributed by atoms with Crippen molar-refractivity contribution in [1.82, 2.24) is 0 Å². The molecular formula is C20H11BrN2O5. The van der Waals surface area contributed by atoms with Crippen LogP contribution in [0.15, 0.2) is 80.2 Å². The first-order valence-electron chi connectivity index (χ1n) is 8.13. The zero-order chi connectivity index (χ0) is 19.7. The number of ether oxygens (including phenoxy) is 1. The molecule has 0 N–H and O–H groups in total. The predicted molar refractivity (Wildman–Crippen MR) is 106 cm³/mol. The van der Waals surface area contributed by atoms with Gasteiger partial charge >= 0.3 is 5.97 Å². The lowest BCUT2D eigenvalue weighted by Gasteiger charge is -1.98. The van der Waals surface area contributed by atoms with Gasteiger partial charge in [0.2, 0.25) is 5.90 Å². The van der Waals surface area contributed by atoms with Crippen LogP contribution >= 0.6 is 15.9 Å². The number of halogens is 1. The van der Waals surface area contributed by atoms with E-state index in [2.05, 4.69) is 20.9 Å². The highest BCUT2D eigenvalue weighted by atomic mass is 79.9. The van der Waals surface area contributed by atoms with Crippen LogP contribution in [0.5, 0.6) is 0 Å². The lowest BCUT2D eigenvalue weighted by atomic mass is 10.2. The molecule has 0 aliphatic carbocycles. The first-order valence-corrected chi connectivity index (χ1v) is 8.92. The molecule has 0 saturated heterocycles. The molecule has 0 saturated carbocycles. The summed E-state index contributed by atoms with van der Waals surface area (Å²) in [6, 6.07) is 16.8. The maximum absolute atomic E-state index is 12.1. The Balaban J connectivity index is 1.58. The number of furan rings is 1. The normalized spacial score (nSPS) is 14.8. The highest BCUT2D eigenvalue weighted by Gasteiger charge is 2.25. The van der Waals surface area contributed by atoms with Gasteiger partial charge in [0.25, 0.3) is 5.69 Å². The molecule has 28 heavy (non-hydrogen) atoms. The van der Waals surface area contributed by atoms with Crippen LogP contribution < -0.4 is 0 Å². The van der Waals surface area contributed by atoms with E-state index < -0.39 is 10.9 Å². The number of nitro benzene ring substituents is 1. The Labute approximate surface area is 167 Å². The van der Waals surface area contributed by atoms with Gasteiger partial charge in [0.15, 0.2) is 5.70 Å². The second-order valence-corrected chi connectivity index (χ2v) is 6.76. The third-order valence-corrected chi connectivity index (χ3v) is 4.51. The van der Waals surface area contributed by atoms with Gasteiger partial charge in [-0.2, -0.15) is 0 Å². The van der Waals surface area contributed by atoms with Crippen LogP contribution in [-0.2, 0) is 9.53 Å². The standard InChI is InChI=1S/C20H11BrN2O5/c21-14-5-1-12(2-6-14)18-10-9-16(27-18)11-17-20(24)28-19(22-17)13-3-7-15(8-4-13)23(25)26/h1-11H/b17-11+. The summed E-state index contributed by atoms with van der Waals surface area (Å²) in [7, 11) is 0. The third-order valence-electron chi connectivity index (χ3n) is 3.98. The molecule has 4 rings (SSSR count). The molecule has 1 aromatic heterocycles. The van der Waals surface area contributed by atoms with Gasteiger partial charge in [-0.1, -0.05) is 28.1 Å². The molecule has 2 aromatic carbocycles. The van der Waals surface area contributed by atoms with E-state index in [0.29, 0.717) is 17.1 Å². The molecule has 0 unspecified atom stereocenters. The molecule has 0 amide bonds. The molecule has 3 aromatic rings. The summed E-state index contributed by atoms with van der Waals surface area (Å²) < 4.78 is 11.9. The number of nitro groups is 1. The van der Waals surface area contributed by atoms with Crippen LogP contribution in [0.1, 0.15) is 11.3 Å². The maximum atomic E-state index is 12.1. The molecule has 138 valence electrons. The number of aliphatic imine (C=N–C) groups is 1. The van der Waals surface area contributed by atoms with Crippen molar-refractivity contribution in [3.05, 3.63) is 92.3 Å². The number of carbonyl (C=O) groups excluding carboxylic acids is 1. The Kier molecular flexibility index (Phi) is 4.62. The van der Waals surface area contributed by atoms with Crippen molar-refractivity contribution in [2.24, 2.45) is 4.99 Å². The number of hydrogen-bond donors (Lipinski definition) is 0. The van der Waals surface area contributed by atoms with Crippen molar-refractivity contribution in [3.8, 4) is 11.3 Å². The Hall–Kier alpha value is -3.52. The maximum Gasteiger partial charge on any atom is 0.363 e. The Bertz CT molecular complexity index is 1130. The summed E-state index contributed by atoms with van der Waals surface area (Å²) in [4.78, 5) is 26.5. The molecule has 1 aliphatic heterocycles. The quantitative estimate of drug-likeness (QED) is 0.248. The van der Waals surface area contributed by atoms with Crippen molar-refractivity contribution in [2.75, 3.05) is 0 Å². The van der Waals surface area contributed by atoms with Gasteiger partial charge in [-0.15, -0.1) is 0 Å². The number of nitrogens with zero attached hydrogens (tertiary/aromatic N) is 2. The molecule has 0 radical (unpaired) electrons. The van der Waals surface area contributed by atoms with Crippen LogP contribution in [0.4, 0.5) is 5.69 Å². The summed E-state index contributed by atoms with van der Waals surface area (Å²) in [5.74, 6) is 0.588. The molecule has 0 fully saturated rings. The van der Waals surface area contributed by atoms with E-state index in [1.165, 1.54) is 30.3 Å². The summed E-state index contributed by atoms with van der Waals surface area (Å²) >= 11 is 3.38. The number of cyclic esters (lactones) is 1. The van der Waals surface area contributed by atoms with E-state index >= 15 is 0 Å². The lowest BCUT2D eigenvalue weighted by molar-refractivity contribution is -0.384. The van der Waals surface area contributed by atoms with E-state index in [0.717, 1.165) is 10.0 Å². The van der Waals surface area contributed by atoms with Gasteiger partial charge in [0.05, 0.1) is 4.92 Å². The molecule has 2 heterocycles. The van der Waals surface area contributed by atoms with Gasteiger partial charge in [0, 0.05) is 33.8 Å². The van der Waals surface area contributed by atoms with E-state index in [9.17, 15) is 14.9 Å². The highest BCUT2D eigenvalue weighted by Crippen LogP contribution is 2.26. The molecular weight excluding hydrogens is 428 g/mol. The number of esters is 1. The number of hydrogen-bond acceptors (Lipinski definition) is 6. The molecule has 0 bridgehead atoms. The van der Waals surface area contributed by atoms with Crippen molar-refractivity contribution < 1.29 is 18.9 Å². The highest BCUT2D eigenvalue weighted by molar-refractivity contribution is 9.10. The number of rotatable bonds is 4. The average Bonchev–Trinajstić information content (AvgIpc) is 3.30. The smallest absolute Gasteiger partial charge is 0.363 e. The van der Waals surface area contributed by atoms with Crippen molar-refractivity contribution in [1.29, 1.82) is 0 Å². The van der Waals surface area contributed by atoms with E-state index in [1.807, 2.05) is 24.3 Å². The second-order valence-electron chi connectivity index (χ2n) is 5.85. The van der Waals surface area contributed by atoms with Gasteiger partial charge in [0.1, 0.15) is 11.5 Å². The molecule has 1 aliphatic rings. The molecule has 7 nitrogen and oxygen atoms in total. The van der Waals surface area contributed by atoms with E-state index in [-0.39, 0.29) is 17.3 Å². The molecule has 8 heteroatoms. The SMILES string of the molecule is O=C1OC(c2ccc([N+](=O)[O-])cc2)=N/C1=C/c1ccc(-c2ccc(Br)cc2)o1. The fourth-order valence-corrected chi connectivity index (χ4v) is 2.86. The summed E-state index contributed by atoms with van der Waals surface area (Å²) in [6.45, 7) is 0. The van der Waals surface area contributed by atoms with Crippen molar-refractivity contribution in [3.63, 3.8) is 0 Å².